The molecule has 3 radical (unpaired) electrons. The predicted molar refractivity (Wildman–Crippen MR) is 71.0 cm³/mol. The molecule has 0 aliphatic heterocycles. The molecule has 0 aromatic heterocycles. The second kappa shape index (κ2) is 6.03. The SMILES string of the molecule is [N-]=[N+]=NP(=O)(c1ccccc1)c1ccccc1.[N]. The van der Waals surface area contributed by atoms with Crippen molar-refractivity contribution in [3.63, 3.8) is 0 Å². The summed E-state index contributed by atoms with van der Waals surface area (Å²) in [6.07, 6.45) is 0. The lowest BCUT2D eigenvalue weighted by molar-refractivity contribution is 0.588. The van der Waals surface area contributed by atoms with E-state index in [1.807, 2.05) is 12.1 Å². The van der Waals surface area contributed by atoms with E-state index in [2.05, 4.69) is 9.80 Å². The van der Waals surface area contributed by atoms with E-state index in [-0.39, 0.29) is 6.15 Å². The Morgan fingerprint density at radius 2 is 1.28 bits per heavy atom. The van der Waals surface area contributed by atoms with Crippen molar-refractivity contribution >= 4 is 17.9 Å². The molecule has 0 aliphatic rings. The Balaban J connectivity index is 0.00000162. The lowest BCUT2D eigenvalue weighted by Crippen LogP contribution is -2.13. The summed E-state index contributed by atoms with van der Waals surface area (Å²) in [6.45, 7) is 0. The van der Waals surface area contributed by atoms with Gasteiger partial charge in [0.25, 0.3) is 0 Å². The van der Waals surface area contributed by atoms with Crippen LogP contribution in [0.2, 0.25) is 0 Å². The van der Waals surface area contributed by atoms with Gasteiger partial charge in [-0.1, -0.05) is 60.7 Å². The van der Waals surface area contributed by atoms with Crippen LogP contribution >= 0.6 is 7.29 Å². The fraction of sp³-hybridized carbons (Fsp3) is 0. The van der Waals surface area contributed by atoms with E-state index in [0.717, 1.165) is 0 Å². The highest BCUT2D eigenvalue weighted by molar-refractivity contribution is 7.77. The van der Waals surface area contributed by atoms with Crippen molar-refractivity contribution in [2.24, 2.45) is 4.88 Å². The van der Waals surface area contributed by atoms with E-state index >= 15 is 0 Å². The molecule has 0 saturated carbocycles. The van der Waals surface area contributed by atoms with Gasteiger partial charge in [-0.3, -0.25) is 0 Å². The number of hydrogen-bond donors (Lipinski definition) is 0. The zero-order chi connectivity index (χ0) is 12.1. The fourth-order valence-corrected chi connectivity index (χ4v) is 3.34. The van der Waals surface area contributed by atoms with Gasteiger partial charge in [0.05, 0.1) is 0 Å². The quantitative estimate of drug-likeness (QED) is 0.359. The van der Waals surface area contributed by atoms with E-state index < -0.39 is 7.29 Å². The first-order valence-corrected chi connectivity index (χ1v) is 6.71. The first-order chi connectivity index (χ1) is 8.27. The van der Waals surface area contributed by atoms with E-state index in [0.29, 0.717) is 10.6 Å². The van der Waals surface area contributed by atoms with Crippen molar-refractivity contribution in [3.05, 3.63) is 71.1 Å². The topological polar surface area (TPSA) is 96.3 Å². The Bertz CT molecular complexity index is 550. The van der Waals surface area contributed by atoms with Crippen LogP contribution < -0.4 is 16.8 Å². The molecular formula is C12H10N4OP. The second-order valence-electron chi connectivity index (χ2n) is 3.43. The van der Waals surface area contributed by atoms with E-state index in [1.54, 1.807) is 48.5 Å². The molecule has 89 valence electrons. The molecule has 0 aliphatic carbocycles. The van der Waals surface area contributed by atoms with Gasteiger partial charge >= 0.3 is 0 Å². The van der Waals surface area contributed by atoms with Gasteiger partial charge < -0.3 is 4.57 Å². The summed E-state index contributed by atoms with van der Waals surface area (Å²) < 4.78 is 12.8. The third kappa shape index (κ3) is 2.60. The number of nitrogens with zero attached hydrogens (tertiary/aromatic N) is 4. The van der Waals surface area contributed by atoms with Gasteiger partial charge in [-0.05, 0) is 10.4 Å². The van der Waals surface area contributed by atoms with E-state index in [4.69, 9.17) is 5.53 Å². The molecule has 0 saturated heterocycles. The Morgan fingerprint density at radius 1 is 0.889 bits per heavy atom. The van der Waals surface area contributed by atoms with Gasteiger partial charge in [0.15, 0.2) is 0 Å². The largest absolute Gasteiger partial charge is 0.307 e. The van der Waals surface area contributed by atoms with Crippen molar-refractivity contribution in [1.82, 2.24) is 6.15 Å². The molecule has 0 atom stereocenters. The van der Waals surface area contributed by atoms with Gasteiger partial charge in [0, 0.05) is 21.7 Å². The summed E-state index contributed by atoms with van der Waals surface area (Å²) in [6, 6.07) is 17.6. The van der Waals surface area contributed by atoms with Crippen LogP contribution in [0.15, 0.2) is 65.5 Å². The average molecular weight is 257 g/mol. The summed E-state index contributed by atoms with van der Waals surface area (Å²) in [7, 11) is -3.22. The lowest BCUT2D eigenvalue weighted by atomic mass is 10.4. The fourth-order valence-electron chi connectivity index (χ4n) is 1.57. The summed E-state index contributed by atoms with van der Waals surface area (Å²) >= 11 is 0. The molecule has 0 N–H and O–H groups in total. The van der Waals surface area contributed by atoms with E-state index in [9.17, 15) is 4.57 Å². The van der Waals surface area contributed by atoms with Crippen molar-refractivity contribution in [2.45, 2.75) is 0 Å². The number of benzene rings is 2. The molecular weight excluding hydrogens is 247 g/mol. The summed E-state index contributed by atoms with van der Waals surface area (Å²) in [5.41, 5.74) is 8.61. The molecule has 2 rings (SSSR count). The van der Waals surface area contributed by atoms with Crippen LogP contribution in [-0.4, -0.2) is 0 Å². The second-order valence-corrected chi connectivity index (χ2v) is 5.79. The van der Waals surface area contributed by atoms with Crippen molar-refractivity contribution < 1.29 is 4.57 Å². The minimum absolute atomic E-state index is 0. The average Bonchev–Trinajstić information content (AvgIpc) is 2.41. The molecule has 0 amide bonds. The molecule has 0 unspecified atom stereocenters. The Labute approximate surface area is 105 Å². The van der Waals surface area contributed by atoms with Crippen LogP contribution in [0.1, 0.15) is 0 Å². The molecule has 0 fully saturated rings. The molecule has 0 spiro atoms. The maximum atomic E-state index is 12.8. The standard InChI is InChI=1S/C12H10N3OP.N/c13-14-15-17(16,11-7-3-1-4-8-11)12-9-5-2-6-10-12;/h1-10H;. The predicted octanol–water partition coefficient (Wildman–Crippen LogP) is 2.75. The van der Waals surface area contributed by atoms with Crippen LogP contribution in [0, 0.1) is 0 Å². The third-order valence-corrected chi connectivity index (χ3v) is 4.71. The smallest absolute Gasteiger partial charge is 0.228 e. The minimum Gasteiger partial charge on any atom is -0.307 e. The highest BCUT2D eigenvalue weighted by Gasteiger charge is 2.25. The molecule has 0 bridgehead atoms. The van der Waals surface area contributed by atoms with Gasteiger partial charge in [-0.2, -0.15) is 0 Å². The Morgan fingerprint density at radius 3 is 1.61 bits per heavy atom. The highest BCUT2D eigenvalue weighted by Crippen LogP contribution is 2.44. The summed E-state index contributed by atoms with van der Waals surface area (Å²) in [4.78, 5) is 6.26. The first kappa shape index (κ1) is 14.0. The summed E-state index contributed by atoms with van der Waals surface area (Å²) in [5, 5.41) is 1.09. The van der Waals surface area contributed by atoms with Crippen molar-refractivity contribution in [3.8, 4) is 0 Å². The molecule has 6 heteroatoms. The third-order valence-electron chi connectivity index (χ3n) is 2.38. The van der Waals surface area contributed by atoms with E-state index in [1.165, 1.54) is 0 Å². The van der Waals surface area contributed by atoms with Crippen LogP contribution in [0.5, 0.6) is 0 Å². The first-order valence-electron chi connectivity index (χ1n) is 5.05. The zero-order valence-corrected chi connectivity index (χ0v) is 10.3. The molecule has 5 nitrogen and oxygen atoms in total. The van der Waals surface area contributed by atoms with Crippen LogP contribution in [0.3, 0.4) is 0 Å². The number of hydrogen-bond acceptors (Lipinski definition) is 1. The van der Waals surface area contributed by atoms with Crippen LogP contribution in [-0.2, 0) is 4.57 Å². The maximum absolute atomic E-state index is 12.8. The summed E-state index contributed by atoms with van der Waals surface area (Å²) in [5.74, 6) is 0. The monoisotopic (exact) mass is 257 g/mol. The van der Waals surface area contributed by atoms with Gasteiger partial charge in [-0.15, -0.1) is 0 Å². The molecule has 18 heavy (non-hydrogen) atoms. The zero-order valence-electron chi connectivity index (χ0n) is 9.42. The number of azide groups is 1. The van der Waals surface area contributed by atoms with Crippen molar-refractivity contribution in [2.75, 3.05) is 0 Å². The Hall–Kier alpha value is -2.06. The van der Waals surface area contributed by atoms with Crippen LogP contribution in [0.25, 0.3) is 10.4 Å². The molecule has 2 aromatic carbocycles. The molecule has 0 heterocycles. The van der Waals surface area contributed by atoms with Crippen molar-refractivity contribution in [1.29, 1.82) is 0 Å². The minimum atomic E-state index is -3.22. The number of rotatable bonds is 3. The molecule has 2 aromatic rings. The normalized spacial score (nSPS) is 10.0. The van der Waals surface area contributed by atoms with Gasteiger partial charge in [0.1, 0.15) is 0 Å². The maximum Gasteiger partial charge on any atom is 0.228 e. The van der Waals surface area contributed by atoms with Crippen LogP contribution in [0.4, 0.5) is 0 Å². The van der Waals surface area contributed by atoms with Gasteiger partial charge in [-0.25, -0.2) is 0 Å². The highest BCUT2D eigenvalue weighted by atomic mass is 31.2. The Kier molecular flexibility index (Phi) is 4.69. The lowest BCUT2D eigenvalue weighted by Gasteiger charge is -2.12. The van der Waals surface area contributed by atoms with Gasteiger partial charge in [0.2, 0.25) is 7.29 Å².